The molecule has 1 aromatic carbocycles. The summed E-state index contributed by atoms with van der Waals surface area (Å²) in [6.45, 7) is 9.03. The molecule has 0 radical (unpaired) electrons. The first-order chi connectivity index (χ1) is 8.70. The van der Waals surface area contributed by atoms with E-state index in [0.29, 0.717) is 6.61 Å². The van der Waals surface area contributed by atoms with E-state index in [9.17, 15) is 13.6 Å². The number of ketones is 1. The number of rotatable bonds is 4. The van der Waals surface area contributed by atoms with Crippen molar-refractivity contribution in [3.8, 4) is 0 Å². The molecule has 1 aromatic rings. The number of benzene rings is 1. The molecule has 0 fully saturated rings. The lowest BCUT2D eigenvalue weighted by molar-refractivity contribution is -0.000535. The van der Waals surface area contributed by atoms with Crippen LogP contribution in [-0.4, -0.2) is 18.5 Å². The molecule has 0 saturated heterocycles. The molecule has 2 nitrogen and oxygen atoms in total. The fourth-order valence-electron chi connectivity index (χ4n) is 1.86. The van der Waals surface area contributed by atoms with Gasteiger partial charge < -0.3 is 4.74 Å². The molecule has 1 atom stereocenters. The molecular formula is C15H20F2O2. The minimum absolute atomic E-state index is 0.178. The summed E-state index contributed by atoms with van der Waals surface area (Å²) in [6.07, 6.45) is -0.797. The Morgan fingerprint density at radius 3 is 2.32 bits per heavy atom. The highest BCUT2D eigenvalue weighted by Gasteiger charge is 2.34. The Hall–Kier alpha value is -1.29. The van der Waals surface area contributed by atoms with Gasteiger partial charge in [-0.2, -0.15) is 0 Å². The van der Waals surface area contributed by atoms with Gasteiger partial charge in [0.2, 0.25) is 0 Å². The van der Waals surface area contributed by atoms with Crippen molar-refractivity contribution in [3.63, 3.8) is 0 Å². The van der Waals surface area contributed by atoms with E-state index in [1.54, 1.807) is 6.92 Å². The summed E-state index contributed by atoms with van der Waals surface area (Å²) >= 11 is 0. The molecule has 19 heavy (non-hydrogen) atoms. The van der Waals surface area contributed by atoms with Crippen LogP contribution in [0.1, 0.15) is 43.6 Å². The van der Waals surface area contributed by atoms with Gasteiger partial charge in [-0.3, -0.25) is 4.79 Å². The van der Waals surface area contributed by atoms with Gasteiger partial charge >= 0.3 is 0 Å². The molecule has 0 aliphatic rings. The lowest BCUT2D eigenvalue weighted by atomic mass is 9.84. The minimum atomic E-state index is -1.10. The molecule has 0 aliphatic carbocycles. The normalized spacial score (nSPS) is 13.4. The number of Topliss-reactive ketones (excluding diaryl/α,β-unsaturated/α-hetero) is 1. The third kappa shape index (κ3) is 3.38. The molecule has 0 spiro atoms. The summed E-state index contributed by atoms with van der Waals surface area (Å²) in [4.78, 5) is 12.3. The van der Waals surface area contributed by atoms with Crippen LogP contribution in [0.4, 0.5) is 8.78 Å². The number of carbonyl (C=O) groups is 1. The van der Waals surface area contributed by atoms with E-state index in [4.69, 9.17) is 4.74 Å². The summed E-state index contributed by atoms with van der Waals surface area (Å²) in [7, 11) is 0. The first-order valence-corrected chi connectivity index (χ1v) is 6.30. The molecule has 0 aromatic heterocycles. The van der Waals surface area contributed by atoms with E-state index >= 15 is 0 Å². The molecule has 1 rings (SSSR count). The van der Waals surface area contributed by atoms with Crippen molar-refractivity contribution in [3.05, 3.63) is 34.9 Å². The zero-order chi connectivity index (χ0) is 14.8. The highest BCUT2D eigenvalue weighted by molar-refractivity contribution is 6.00. The largest absolute Gasteiger partial charge is 0.370 e. The predicted octanol–water partition coefficient (Wildman–Crippen LogP) is 3.91. The number of aryl methyl sites for hydroxylation is 1. The van der Waals surface area contributed by atoms with Gasteiger partial charge in [0.05, 0.1) is 5.56 Å². The second kappa shape index (κ2) is 5.78. The van der Waals surface area contributed by atoms with E-state index in [1.807, 2.05) is 20.8 Å². The number of carbonyl (C=O) groups excluding carboxylic acids is 1. The van der Waals surface area contributed by atoms with Gasteiger partial charge in [0.25, 0.3) is 0 Å². The average molecular weight is 270 g/mol. The number of hydrogen-bond donors (Lipinski definition) is 0. The van der Waals surface area contributed by atoms with Gasteiger partial charge in [0, 0.05) is 6.61 Å². The Labute approximate surface area is 112 Å². The molecular weight excluding hydrogens is 250 g/mol. The van der Waals surface area contributed by atoms with Gasteiger partial charge in [-0.05, 0) is 30.9 Å². The highest BCUT2D eigenvalue weighted by atomic mass is 19.2. The number of halogens is 2. The van der Waals surface area contributed by atoms with Crippen LogP contribution in [0.2, 0.25) is 0 Å². The quantitative estimate of drug-likeness (QED) is 0.775. The second-order valence-corrected chi connectivity index (χ2v) is 5.62. The Morgan fingerprint density at radius 2 is 1.84 bits per heavy atom. The van der Waals surface area contributed by atoms with Gasteiger partial charge in [0.1, 0.15) is 6.10 Å². The molecule has 4 heteroatoms. The standard InChI is InChI=1S/C15H20F2O2/c1-6-19-14(15(3,4)5)13(18)10-8-7-9(2)11(16)12(10)17/h7-8,14H,6H2,1-5H3. The summed E-state index contributed by atoms with van der Waals surface area (Å²) in [6, 6.07) is 2.71. The van der Waals surface area contributed by atoms with Crippen molar-refractivity contribution in [1.29, 1.82) is 0 Å². The molecule has 0 saturated carbocycles. The number of ether oxygens (including phenoxy) is 1. The molecule has 0 aliphatic heterocycles. The van der Waals surface area contributed by atoms with Crippen LogP contribution in [0.5, 0.6) is 0 Å². The van der Waals surface area contributed by atoms with Gasteiger partial charge in [-0.25, -0.2) is 8.78 Å². The average Bonchev–Trinajstić information content (AvgIpc) is 2.31. The molecule has 0 amide bonds. The van der Waals surface area contributed by atoms with Crippen molar-refractivity contribution in [2.75, 3.05) is 6.61 Å². The molecule has 1 unspecified atom stereocenters. The molecule has 0 heterocycles. The number of hydrogen-bond acceptors (Lipinski definition) is 2. The minimum Gasteiger partial charge on any atom is -0.370 e. The van der Waals surface area contributed by atoms with Gasteiger partial charge in [-0.15, -0.1) is 0 Å². The van der Waals surface area contributed by atoms with E-state index in [2.05, 4.69) is 0 Å². The zero-order valence-electron chi connectivity index (χ0n) is 12.0. The monoisotopic (exact) mass is 270 g/mol. The first-order valence-electron chi connectivity index (χ1n) is 6.30. The fraction of sp³-hybridized carbons (Fsp3) is 0.533. The van der Waals surface area contributed by atoms with Crippen molar-refractivity contribution < 1.29 is 18.3 Å². The second-order valence-electron chi connectivity index (χ2n) is 5.62. The smallest absolute Gasteiger partial charge is 0.195 e. The Balaban J connectivity index is 3.21. The van der Waals surface area contributed by atoms with E-state index < -0.39 is 28.9 Å². The van der Waals surface area contributed by atoms with Crippen LogP contribution in [0.3, 0.4) is 0 Å². The van der Waals surface area contributed by atoms with E-state index in [-0.39, 0.29) is 11.1 Å². The van der Waals surface area contributed by atoms with Crippen LogP contribution in [-0.2, 0) is 4.74 Å². The third-order valence-electron chi connectivity index (χ3n) is 2.90. The van der Waals surface area contributed by atoms with Crippen LogP contribution >= 0.6 is 0 Å². The SMILES string of the molecule is CCOC(C(=O)c1ccc(C)c(F)c1F)C(C)(C)C. The van der Waals surface area contributed by atoms with Crippen LogP contribution in [0.25, 0.3) is 0 Å². The molecule has 0 bridgehead atoms. The van der Waals surface area contributed by atoms with Crippen molar-refractivity contribution in [2.45, 2.75) is 40.7 Å². The van der Waals surface area contributed by atoms with Gasteiger partial charge in [0.15, 0.2) is 17.4 Å². The topological polar surface area (TPSA) is 26.3 Å². The zero-order valence-corrected chi connectivity index (χ0v) is 12.0. The summed E-state index contributed by atoms with van der Waals surface area (Å²) in [5, 5.41) is 0. The predicted molar refractivity (Wildman–Crippen MR) is 70.3 cm³/mol. The maximum atomic E-state index is 13.9. The molecule has 106 valence electrons. The van der Waals surface area contributed by atoms with E-state index in [0.717, 1.165) is 0 Å². The first kappa shape index (κ1) is 15.8. The molecule has 0 N–H and O–H groups in total. The van der Waals surface area contributed by atoms with Crippen LogP contribution in [0.15, 0.2) is 12.1 Å². The summed E-state index contributed by atoms with van der Waals surface area (Å²) in [5.74, 6) is -2.60. The lowest BCUT2D eigenvalue weighted by Crippen LogP contribution is -2.37. The lowest BCUT2D eigenvalue weighted by Gasteiger charge is -2.29. The Kier molecular flexibility index (Phi) is 4.80. The van der Waals surface area contributed by atoms with Crippen LogP contribution < -0.4 is 0 Å². The Morgan fingerprint density at radius 1 is 1.26 bits per heavy atom. The fourth-order valence-corrected chi connectivity index (χ4v) is 1.86. The Bertz CT molecular complexity index is 476. The summed E-state index contributed by atoms with van der Waals surface area (Å²) < 4.78 is 32.8. The van der Waals surface area contributed by atoms with Gasteiger partial charge in [-0.1, -0.05) is 26.8 Å². The highest BCUT2D eigenvalue weighted by Crippen LogP contribution is 2.27. The maximum Gasteiger partial charge on any atom is 0.195 e. The van der Waals surface area contributed by atoms with Crippen LogP contribution in [0, 0.1) is 24.0 Å². The van der Waals surface area contributed by atoms with E-state index in [1.165, 1.54) is 19.1 Å². The van der Waals surface area contributed by atoms with Crippen molar-refractivity contribution in [2.24, 2.45) is 5.41 Å². The maximum absolute atomic E-state index is 13.9. The summed E-state index contributed by atoms with van der Waals surface area (Å²) in [5.41, 5.74) is -0.560. The van der Waals surface area contributed by atoms with Crippen molar-refractivity contribution in [1.82, 2.24) is 0 Å². The third-order valence-corrected chi connectivity index (χ3v) is 2.90. The van der Waals surface area contributed by atoms with Crippen molar-refractivity contribution >= 4 is 5.78 Å².